The second kappa shape index (κ2) is 5.48. The SMILES string of the molecule is N#Cc1ccc(-c2ccc3nc4n(c(=O)c3c2)-c2ccccc2C4=O)cc1. The van der Waals surface area contributed by atoms with Gasteiger partial charge in [-0.05, 0) is 47.5 Å². The number of carbonyl (C=O) groups excluding carboxylic acids is 1. The van der Waals surface area contributed by atoms with E-state index < -0.39 is 0 Å². The molecule has 0 spiro atoms. The van der Waals surface area contributed by atoms with Gasteiger partial charge in [-0.1, -0.05) is 30.3 Å². The van der Waals surface area contributed by atoms with Crippen LogP contribution in [-0.4, -0.2) is 15.3 Å². The second-order valence-corrected chi connectivity index (χ2v) is 6.34. The molecule has 27 heavy (non-hydrogen) atoms. The fourth-order valence-corrected chi connectivity index (χ4v) is 3.46. The van der Waals surface area contributed by atoms with Gasteiger partial charge in [0, 0.05) is 0 Å². The third kappa shape index (κ3) is 2.14. The highest BCUT2D eigenvalue weighted by molar-refractivity contribution is 6.13. The van der Waals surface area contributed by atoms with Crippen LogP contribution in [0, 0.1) is 11.3 Å². The number of benzene rings is 3. The lowest BCUT2D eigenvalue weighted by atomic mass is 10.0. The van der Waals surface area contributed by atoms with Gasteiger partial charge >= 0.3 is 0 Å². The number of fused-ring (bicyclic) bond motifs is 4. The molecule has 0 N–H and O–H groups in total. The van der Waals surface area contributed by atoms with E-state index in [1.807, 2.05) is 18.2 Å². The third-order valence-corrected chi connectivity index (χ3v) is 4.81. The lowest BCUT2D eigenvalue weighted by Gasteiger charge is -2.07. The molecule has 0 unspecified atom stereocenters. The van der Waals surface area contributed by atoms with E-state index in [0.29, 0.717) is 27.7 Å². The highest BCUT2D eigenvalue weighted by Gasteiger charge is 2.29. The molecule has 3 aromatic carbocycles. The van der Waals surface area contributed by atoms with Crippen molar-refractivity contribution in [3.8, 4) is 22.9 Å². The van der Waals surface area contributed by atoms with Crippen molar-refractivity contribution in [2.75, 3.05) is 0 Å². The molecule has 1 aromatic heterocycles. The lowest BCUT2D eigenvalue weighted by Crippen LogP contribution is -2.21. The first-order valence-corrected chi connectivity index (χ1v) is 8.39. The zero-order valence-corrected chi connectivity index (χ0v) is 14.0. The molecule has 0 amide bonds. The van der Waals surface area contributed by atoms with E-state index in [4.69, 9.17) is 5.26 Å². The van der Waals surface area contributed by atoms with Crippen LogP contribution >= 0.6 is 0 Å². The number of carbonyl (C=O) groups is 1. The van der Waals surface area contributed by atoms with Gasteiger partial charge in [0.05, 0.1) is 33.8 Å². The predicted octanol–water partition coefficient (Wildman–Crippen LogP) is 3.47. The summed E-state index contributed by atoms with van der Waals surface area (Å²) in [6, 6.07) is 21.7. The highest BCUT2D eigenvalue weighted by atomic mass is 16.1. The van der Waals surface area contributed by atoms with E-state index in [1.54, 1.807) is 48.5 Å². The van der Waals surface area contributed by atoms with Crippen molar-refractivity contribution in [2.45, 2.75) is 0 Å². The van der Waals surface area contributed by atoms with Crippen molar-refractivity contribution in [1.29, 1.82) is 5.26 Å². The van der Waals surface area contributed by atoms with Crippen LogP contribution < -0.4 is 5.56 Å². The summed E-state index contributed by atoms with van der Waals surface area (Å²) < 4.78 is 1.39. The topological polar surface area (TPSA) is 75.8 Å². The number of nitriles is 1. The van der Waals surface area contributed by atoms with E-state index in [9.17, 15) is 9.59 Å². The first-order valence-electron chi connectivity index (χ1n) is 8.39. The van der Waals surface area contributed by atoms with Gasteiger partial charge in [-0.2, -0.15) is 5.26 Å². The van der Waals surface area contributed by atoms with Crippen LogP contribution in [0.25, 0.3) is 27.7 Å². The van der Waals surface area contributed by atoms with E-state index >= 15 is 0 Å². The Balaban J connectivity index is 1.76. The van der Waals surface area contributed by atoms with Crippen molar-refractivity contribution in [3.05, 3.63) is 94.0 Å². The molecule has 5 nitrogen and oxygen atoms in total. The molecular formula is C22H11N3O2. The van der Waals surface area contributed by atoms with Crippen molar-refractivity contribution in [3.63, 3.8) is 0 Å². The summed E-state index contributed by atoms with van der Waals surface area (Å²) in [4.78, 5) is 30.2. The zero-order chi connectivity index (χ0) is 18.5. The molecule has 0 atom stereocenters. The van der Waals surface area contributed by atoms with Gasteiger partial charge in [-0.3, -0.25) is 14.2 Å². The number of aromatic nitrogens is 2. The minimum atomic E-state index is -0.260. The number of rotatable bonds is 1. The maximum Gasteiger partial charge on any atom is 0.266 e. The van der Waals surface area contributed by atoms with Gasteiger partial charge in [-0.25, -0.2) is 4.98 Å². The average molecular weight is 349 g/mol. The maximum absolute atomic E-state index is 13.1. The summed E-state index contributed by atoms with van der Waals surface area (Å²) in [7, 11) is 0. The number of para-hydroxylation sites is 1. The largest absolute Gasteiger partial charge is 0.285 e. The molecule has 0 aliphatic carbocycles. The summed E-state index contributed by atoms with van der Waals surface area (Å²) in [6.45, 7) is 0. The van der Waals surface area contributed by atoms with Crippen LogP contribution in [0.3, 0.4) is 0 Å². The van der Waals surface area contributed by atoms with Crippen molar-refractivity contribution in [1.82, 2.24) is 9.55 Å². The number of nitrogens with zero attached hydrogens (tertiary/aromatic N) is 3. The maximum atomic E-state index is 13.1. The van der Waals surface area contributed by atoms with Crippen LogP contribution in [-0.2, 0) is 0 Å². The van der Waals surface area contributed by atoms with Gasteiger partial charge in [0.1, 0.15) is 0 Å². The Labute approximate surface area is 153 Å². The molecule has 126 valence electrons. The minimum absolute atomic E-state index is 0.153. The summed E-state index contributed by atoms with van der Waals surface area (Å²) in [6.07, 6.45) is 0. The summed E-state index contributed by atoms with van der Waals surface area (Å²) in [5, 5.41) is 9.39. The fraction of sp³-hybridized carbons (Fsp3) is 0. The summed E-state index contributed by atoms with van der Waals surface area (Å²) in [5.41, 5.74) is 3.62. The van der Waals surface area contributed by atoms with Crippen molar-refractivity contribution < 1.29 is 4.79 Å². The van der Waals surface area contributed by atoms with Crippen LogP contribution in [0.15, 0.2) is 71.5 Å². The quantitative estimate of drug-likeness (QED) is 0.464. The smallest absolute Gasteiger partial charge is 0.266 e. The van der Waals surface area contributed by atoms with Gasteiger partial charge in [0.2, 0.25) is 5.78 Å². The first kappa shape index (κ1) is 15.2. The van der Waals surface area contributed by atoms with E-state index in [1.165, 1.54) is 4.57 Å². The number of hydrogen-bond donors (Lipinski definition) is 0. The normalized spacial score (nSPS) is 11.9. The molecule has 2 heterocycles. The summed E-state index contributed by atoms with van der Waals surface area (Å²) in [5.74, 6) is -0.0828. The molecule has 0 saturated heterocycles. The Kier molecular flexibility index (Phi) is 3.09. The zero-order valence-electron chi connectivity index (χ0n) is 14.0. The molecule has 0 bridgehead atoms. The Morgan fingerprint density at radius 2 is 1.63 bits per heavy atom. The molecule has 5 heteroatoms. The molecule has 0 radical (unpaired) electrons. The molecular weight excluding hydrogens is 338 g/mol. The summed E-state index contributed by atoms with van der Waals surface area (Å²) >= 11 is 0. The molecule has 0 saturated carbocycles. The standard InChI is InChI=1S/C22H11N3O2/c23-12-13-5-7-14(8-6-13)15-9-10-18-17(11-15)22(27)25-19-4-2-1-3-16(19)20(26)21(25)24-18/h1-11H. The van der Waals surface area contributed by atoms with Gasteiger partial charge in [0.15, 0.2) is 5.82 Å². The Bertz CT molecular complexity index is 1360. The van der Waals surface area contributed by atoms with Gasteiger partial charge in [0.25, 0.3) is 5.56 Å². The Hall–Kier alpha value is -4.04. The van der Waals surface area contributed by atoms with E-state index in [0.717, 1.165) is 11.1 Å². The van der Waals surface area contributed by atoms with Crippen LogP contribution in [0.2, 0.25) is 0 Å². The molecule has 5 rings (SSSR count). The lowest BCUT2D eigenvalue weighted by molar-refractivity contribution is 0.103. The van der Waals surface area contributed by atoms with Crippen LogP contribution in [0.4, 0.5) is 0 Å². The highest BCUT2D eigenvalue weighted by Crippen LogP contribution is 2.28. The van der Waals surface area contributed by atoms with Crippen LogP contribution in [0.5, 0.6) is 0 Å². The predicted molar refractivity (Wildman–Crippen MR) is 101 cm³/mol. The first-order chi connectivity index (χ1) is 13.2. The number of hydrogen-bond acceptors (Lipinski definition) is 4. The van der Waals surface area contributed by atoms with E-state index in [2.05, 4.69) is 11.1 Å². The Morgan fingerprint density at radius 3 is 2.41 bits per heavy atom. The van der Waals surface area contributed by atoms with Crippen molar-refractivity contribution >= 4 is 16.7 Å². The molecule has 0 fully saturated rings. The molecule has 1 aliphatic rings. The minimum Gasteiger partial charge on any atom is -0.285 e. The van der Waals surface area contributed by atoms with Crippen LogP contribution in [0.1, 0.15) is 21.7 Å². The molecule has 1 aliphatic heterocycles. The number of ketones is 1. The Morgan fingerprint density at radius 1 is 0.889 bits per heavy atom. The van der Waals surface area contributed by atoms with Gasteiger partial charge < -0.3 is 0 Å². The molecule has 4 aromatic rings. The van der Waals surface area contributed by atoms with Gasteiger partial charge in [-0.15, -0.1) is 0 Å². The monoisotopic (exact) mass is 349 g/mol. The fourth-order valence-electron chi connectivity index (χ4n) is 3.46. The van der Waals surface area contributed by atoms with E-state index in [-0.39, 0.29) is 17.2 Å². The third-order valence-electron chi connectivity index (χ3n) is 4.81. The average Bonchev–Trinajstić information content (AvgIpc) is 3.01. The van der Waals surface area contributed by atoms with Crippen molar-refractivity contribution in [2.24, 2.45) is 0 Å². The second-order valence-electron chi connectivity index (χ2n) is 6.34.